The monoisotopic (exact) mass is 323 g/mol. The van der Waals surface area contributed by atoms with Gasteiger partial charge in [0.1, 0.15) is 5.82 Å². The molecule has 0 N–H and O–H groups in total. The number of halogens is 3. The number of amides is 2. The first-order chi connectivity index (χ1) is 9.99. The van der Waals surface area contributed by atoms with Crippen LogP contribution in [0.5, 0.6) is 0 Å². The van der Waals surface area contributed by atoms with Crippen molar-refractivity contribution in [3.63, 3.8) is 0 Å². The van der Waals surface area contributed by atoms with E-state index in [-0.39, 0.29) is 33.3 Å². The number of imide groups is 1. The highest BCUT2D eigenvalue weighted by atomic mass is 35.5. The standard InChI is InChI=1S/C15H8Cl2FNO2/c16-11-5-9-10(6-12(11)17)15(21)19(14(9)20)7-8-3-1-2-4-13(8)18/h1-6H,7H2. The lowest BCUT2D eigenvalue weighted by Gasteiger charge is -2.14. The Kier molecular flexibility index (Phi) is 3.43. The van der Waals surface area contributed by atoms with Crippen molar-refractivity contribution in [2.75, 3.05) is 0 Å². The predicted octanol–water partition coefficient (Wildman–Crippen LogP) is 3.93. The van der Waals surface area contributed by atoms with Crippen LogP contribution < -0.4 is 0 Å². The van der Waals surface area contributed by atoms with Gasteiger partial charge in [0.05, 0.1) is 27.7 Å². The van der Waals surface area contributed by atoms with E-state index < -0.39 is 17.6 Å². The van der Waals surface area contributed by atoms with Crippen LogP contribution in [-0.2, 0) is 6.54 Å². The van der Waals surface area contributed by atoms with Crippen LogP contribution in [0.1, 0.15) is 26.3 Å². The van der Waals surface area contributed by atoms with E-state index in [1.807, 2.05) is 0 Å². The maximum absolute atomic E-state index is 13.7. The number of hydrogen-bond acceptors (Lipinski definition) is 2. The molecule has 1 heterocycles. The summed E-state index contributed by atoms with van der Waals surface area (Å²) < 4.78 is 13.7. The Morgan fingerprint density at radius 2 is 1.48 bits per heavy atom. The van der Waals surface area contributed by atoms with Gasteiger partial charge in [-0.05, 0) is 18.2 Å². The van der Waals surface area contributed by atoms with Gasteiger partial charge in [0.2, 0.25) is 0 Å². The second-order valence-electron chi connectivity index (χ2n) is 4.60. The van der Waals surface area contributed by atoms with Crippen molar-refractivity contribution in [3.8, 4) is 0 Å². The molecule has 0 fully saturated rings. The van der Waals surface area contributed by atoms with Crippen molar-refractivity contribution in [3.05, 3.63) is 69.0 Å². The summed E-state index contributed by atoms with van der Waals surface area (Å²) in [5, 5.41) is 0.397. The third kappa shape index (κ3) is 2.30. The van der Waals surface area contributed by atoms with Crippen LogP contribution in [0.15, 0.2) is 36.4 Å². The highest BCUT2D eigenvalue weighted by molar-refractivity contribution is 6.43. The smallest absolute Gasteiger partial charge is 0.261 e. The van der Waals surface area contributed by atoms with Crippen LogP contribution in [0.25, 0.3) is 0 Å². The minimum atomic E-state index is -0.503. The average Bonchev–Trinajstić information content (AvgIpc) is 2.67. The summed E-state index contributed by atoms with van der Waals surface area (Å²) in [5.74, 6) is -1.47. The summed E-state index contributed by atoms with van der Waals surface area (Å²) in [6, 6.07) is 8.72. The highest BCUT2D eigenvalue weighted by Crippen LogP contribution is 2.32. The SMILES string of the molecule is O=C1c2cc(Cl)c(Cl)cc2C(=O)N1Cc1ccccc1F. The van der Waals surface area contributed by atoms with Crippen molar-refractivity contribution in [2.45, 2.75) is 6.54 Å². The first kappa shape index (κ1) is 14.0. The number of carbonyl (C=O) groups excluding carboxylic acids is 2. The van der Waals surface area contributed by atoms with E-state index in [0.717, 1.165) is 4.90 Å². The molecule has 0 bridgehead atoms. The van der Waals surface area contributed by atoms with Crippen LogP contribution >= 0.6 is 23.2 Å². The molecule has 0 aromatic heterocycles. The summed E-state index contributed by atoms with van der Waals surface area (Å²) in [5.41, 5.74) is 0.640. The summed E-state index contributed by atoms with van der Waals surface area (Å²) in [6.07, 6.45) is 0. The van der Waals surface area contributed by atoms with Crippen LogP contribution in [0.4, 0.5) is 4.39 Å². The van der Waals surface area contributed by atoms with E-state index in [2.05, 4.69) is 0 Å². The van der Waals surface area contributed by atoms with E-state index in [1.165, 1.54) is 24.3 Å². The zero-order chi connectivity index (χ0) is 15.1. The first-order valence-corrected chi connectivity index (χ1v) is 6.83. The molecular weight excluding hydrogens is 316 g/mol. The molecule has 0 spiro atoms. The maximum atomic E-state index is 13.7. The van der Waals surface area contributed by atoms with Crippen LogP contribution in [-0.4, -0.2) is 16.7 Å². The average molecular weight is 324 g/mol. The molecule has 3 nitrogen and oxygen atoms in total. The Bertz CT molecular complexity index is 735. The van der Waals surface area contributed by atoms with E-state index >= 15 is 0 Å². The molecule has 3 rings (SSSR count). The fourth-order valence-corrected chi connectivity index (χ4v) is 2.55. The van der Waals surface area contributed by atoms with Crippen molar-refractivity contribution < 1.29 is 14.0 Å². The summed E-state index contributed by atoms with van der Waals surface area (Å²) in [6.45, 7) is -0.131. The number of carbonyl (C=O) groups is 2. The lowest BCUT2D eigenvalue weighted by molar-refractivity contribution is 0.0641. The molecule has 6 heteroatoms. The van der Waals surface area contributed by atoms with Gasteiger partial charge in [-0.15, -0.1) is 0 Å². The topological polar surface area (TPSA) is 37.4 Å². The molecule has 2 aromatic rings. The highest BCUT2D eigenvalue weighted by Gasteiger charge is 2.36. The Hall–Kier alpha value is -1.91. The fourth-order valence-electron chi connectivity index (χ4n) is 2.22. The number of rotatable bonds is 2. The zero-order valence-corrected chi connectivity index (χ0v) is 12.1. The molecule has 0 unspecified atom stereocenters. The van der Waals surface area contributed by atoms with Crippen molar-refractivity contribution in [1.82, 2.24) is 4.90 Å². The molecule has 2 amide bonds. The lowest BCUT2D eigenvalue weighted by atomic mass is 10.1. The summed E-state index contributed by atoms with van der Waals surface area (Å²) in [7, 11) is 0. The van der Waals surface area contributed by atoms with Crippen LogP contribution in [0, 0.1) is 5.82 Å². The molecule has 2 aromatic carbocycles. The largest absolute Gasteiger partial charge is 0.270 e. The molecule has 106 valence electrons. The van der Waals surface area contributed by atoms with Gasteiger partial charge in [-0.3, -0.25) is 14.5 Å². The number of fused-ring (bicyclic) bond motifs is 1. The van der Waals surface area contributed by atoms with Gasteiger partial charge in [-0.1, -0.05) is 41.4 Å². The minimum Gasteiger partial charge on any atom is -0.270 e. The van der Waals surface area contributed by atoms with Gasteiger partial charge in [0.25, 0.3) is 11.8 Å². The molecule has 0 saturated heterocycles. The molecule has 0 radical (unpaired) electrons. The van der Waals surface area contributed by atoms with Gasteiger partial charge in [-0.2, -0.15) is 0 Å². The molecular formula is C15H8Cl2FNO2. The van der Waals surface area contributed by atoms with Gasteiger partial charge in [0, 0.05) is 5.56 Å². The second kappa shape index (κ2) is 5.13. The maximum Gasteiger partial charge on any atom is 0.261 e. The Morgan fingerprint density at radius 3 is 2.00 bits per heavy atom. The zero-order valence-electron chi connectivity index (χ0n) is 10.6. The van der Waals surface area contributed by atoms with E-state index in [0.29, 0.717) is 0 Å². The van der Waals surface area contributed by atoms with Crippen molar-refractivity contribution in [2.24, 2.45) is 0 Å². The van der Waals surface area contributed by atoms with Gasteiger partial charge < -0.3 is 0 Å². The summed E-state index contributed by atoms with van der Waals surface area (Å²) >= 11 is 11.7. The summed E-state index contributed by atoms with van der Waals surface area (Å²) in [4.78, 5) is 25.5. The second-order valence-corrected chi connectivity index (χ2v) is 5.41. The fraction of sp³-hybridized carbons (Fsp3) is 0.0667. The van der Waals surface area contributed by atoms with E-state index in [9.17, 15) is 14.0 Å². The number of nitrogens with zero attached hydrogens (tertiary/aromatic N) is 1. The Labute approximate surface area is 129 Å². The third-order valence-electron chi connectivity index (χ3n) is 3.30. The third-order valence-corrected chi connectivity index (χ3v) is 4.02. The Morgan fingerprint density at radius 1 is 0.952 bits per heavy atom. The van der Waals surface area contributed by atoms with Crippen LogP contribution in [0.2, 0.25) is 10.0 Å². The van der Waals surface area contributed by atoms with Crippen molar-refractivity contribution >= 4 is 35.0 Å². The van der Waals surface area contributed by atoms with E-state index in [4.69, 9.17) is 23.2 Å². The molecule has 0 aliphatic carbocycles. The first-order valence-electron chi connectivity index (χ1n) is 6.07. The van der Waals surface area contributed by atoms with Gasteiger partial charge >= 0.3 is 0 Å². The van der Waals surface area contributed by atoms with E-state index in [1.54, 1.807) is 12.1 Å². The van der Waals surface area contributed by atoms with Crippen LogP contribution in [0.3, 0.4) is 0 Å². The minimum absolute atomic E-state index is 0.131. The molecule has 0 saturated carbocycles. The lowest BCUT2D eigenvalue weighted by Crippen LogP contribution is -2.29. The molecule has 1 aliphatic heterocycles. The van der Waals surface area contributed by atoms with Crippen molar-refractivity contribution in [1.29, 1.82) is 0 Å². The Balaban J connectivity index is 1.99. The number of hydrogen-bond donors (Lipinski definition) is 0. The van der Waals surface area contributed by atoms with Gasteiger partial charge in [0.15, 0.2) is 0 Å². The number of benzene rings is 2. The molecule has 1 aliphatic rings. The predicted molar refractivity (Wildman–Crippen MR) is 77.1 cm³/mol. The molecule has 0 atom stereocenters. The molecule has 21 heavy (non-hydrogen) atoms. The normalized spacial score (nSPS) is 13.8. The quantitative estimate of drug-likeness (QED) is 0.785. The van der Waals surface area contributed by atoms with Gasteiger partial charge in [-0.25, -0.2) is 4.39 Å².